The first-order chi connectivity index (χ1) is 11.8. The van der Waals surface area contributed by atoms with E-state index in [1.54, 1.807) is 0 Å². The third kappa shape index (κ3) is 5.24. The summed E-state index contributed by atoms with van der Waals surface area (Å²) < 4.78 is 17.5. The molecule has 0 amide bonds. The molecular weight excluding hydrogens is 330 g/mol. The Morgan fingerprint density at radius 1 is 1.36 bits per heavy atom. The number of hydrogen-bond acceptors (Lipinski definition) is 8. The molecule has 0 aromatic carbocycles. The Kier molecular flexibility index (Phi) is 7.49. The summed E-state index contributed by atoms with van der Waals surface area (Å²) in [5, 5.41) is 11.4. The number of rotatable bonds is 5. The third-order valence-electron chi connectivity index (χ3n) is 3.41. The van der Waals surface area contributed by atoms with Crippen LogP contribution in [0.15, 0.2) is 6.33 Å². The second-order valence-corrected chi connectivity index (χ2v) is 5.26. The van der Waals surface area contributed by atoms with Crippen molar-refractivity contribution in [1.29, 1.82) is 5.41 Å². The summed E-state index contributed by atoms with van der Waals surface area (Å²) in [4.78, 5) is 26.2. The van der Waals surface area contributed by atoms with Gasteiger partial charge in [-0.15, -0.1) is 5.10 Å². The number of nitrogens with zero attached hydrogens (tertiary/aromatic N) is 3. The highest BCUT2D eigenvalue weighted by Crippen LogP contribution is 2.36. The first-order valence-corrected chi connectivity index (χ1v) is 8.01. The van der Waals surface area contributed by atoms with E-state index in [0.717, 1.165) is 0 Å². The monoisotopic (exact) mass is 355 g/mol. The molecule has 1 saturated heterocycles. The molecule has 10 heteroatoms. The van der Waals surface area contributed by atoms with Crippen molar-refractivity contribution >= 4 is 17.8 Å². The third-order valence-corrected chi connectivity index (χ3v) is 3.41. The molecule has 0 radical (unpaired) electrons. The number of esters is 2. The van der Waals surface area contributed by atoms with Crippen LogP contribution in [0.3, 0.4) is 0 Å². The molecule has 0 bridgehead atoms. The van der Waals surface area contributed by atoms with Crippen LogP contribution in [0.4, 0.5) is 0 Å². The number of ether oxygens (including phenoxy) is 3. The van der Waals surface area contributed by atoms with Gasteiger partial charge in [-0.05, 0) is 0 Å². The molecular formula is C15H25N5O5. The fraction of sp³-hybridized carbons (Fsp3) is 0.667. The molecule has 2 heterocycles. The highest BCUT2D eigenvalue weighted by atomic mass is 16.6. The number of nitrogens with two attached hydrogens (primary N) is 1. The van der Waals surface area contributed by atoms with E-state index >= 15 is 0 Å². The van der Waals surface area contributed by atoms with Crippen LogP contribution < -0.4 is 5.73 Å². The Labute approximate surface area is 146 Å². The first-order valence-electron chi connectivity index (χ1n) is 8.01. The summed E-state index contributed by atoms with van der Waals surface area (Å²) in [7, 11) is 0. The van der Waals surface area contributed by atoms with Crippen molar-refractivity contribution in [2.45, 2.75) is 53.1 Å². The van der Waals surface area contributed by atoms with Gasteiger partial charge in [-0.1, -0.05) is 20.8 Å². The zero-order valence-electron chi connectivity index (χ0n) is 15.1. The van der Waals surface area contributed by atoms with Gasteiger partial charge in [0.2, 0.25) is 5.82 Å². The summed E-state index contributed by atoms with van der Waals surface area (Å²) in [6.07, 6.45) is -0.410. The number of amidine groups is 1. The minimum Gasteiger partial charge on any atom is -0.463 e. The van der Waals surface area contributed by atoms with Crippen LogP contribution in [0.2, 0.25) is 0 Å². The number of nitrogen functional groups attached to an aromatic ring is 1. The zero-order chi connectivity index (χ0) is 19.1. The summed E-state index contributed by atoms with van der Waals surface area (Å²) in [6, 6.07) is 0. The van der Waals surface area contributed by atoms with Crippen molar-refractivity contribution in [1.82, 2.24) is 14.8 Å². The first kappa shape index (κ1) is 20.6. The minimum atomic E-state index is -0.618. The normalized spacial score (nSPS) is 24.8. The lowest BCUT2D eigenvalue weighted by molar-refractivity contribution is -0.156. The van der Waals surface area contributed by atoms with Crippen LogP contribution in [-0.2, 0) is 23.8 Å². The molecule has 1 aromatic heterocycles. The lowest BCUT2D eigenvalue weighted by Gasteiger charge is -2.20. The van der Waals surface area contributed by atoms with E-state index in [-0.39, 0.29) is 24.2 Å². The van der Waals surface area contributed by atoms with E-state index in [1.807, 2.05) is 20.8 Å². The Balaban J connectivity index is 0.00000151. The molecule has 0 aliphatic carbocycles. The quantitative estimate of drug-likeness (QED) is 0.444. The van der Waals surface area contributed by atoms with Crippen molar-refractivity contribution in [3.05, 3.63) is 12.2 Å². The van der Waals surface area contributed by atoms with Gasteiger partial charge in [-0.3, -0.25) is 15.0 Å². The fourth-order valence-corrected chi connectivity index (χ4v) is 2.41. The number of carbonyl (C=O) groups excluding carboxylic acids is 2. The number of nitrogens with one attached hydrogen (secondary N) is 1. The second-order valence-electron chi connectivity index (χ2n) is 5.26. The molecule has 0 spiro atoms. The van der Waals surface area contributed by atoms with Crippen molar-refractivity contribution in [3.63, 3.8) is 0 Å². The lowest BCUT2D eigenvalue weighted by Crippen LogP contribution is -2.34. The van der Waals surface area contributed by atoms with Gasteiger partial charge >= 0.3 is 11.9 Å². The van der Waals surface area contributed by atoms with Crippen molar-refractivity contribution in [3.8, 4) is 0 Å². The molecule has 1 fully saturated rings. The summed E-state index contributed by atoms with van der Waals surface area (Å²) in [6.45, 7) is 8.36. The van der Waals surface area contributed by atoms with Gasteiger partial charge in [0.1, 0.15) is 25.1 Å². The SMILES string of the molecule is CC.CC(=O)OCC1OC(n2cnc(C(=N)N)n2)C(C)C1OC(C)=O. The van der Waals surface area contributed by atoms with Gasteiger partial charge < -0.3 is 19.9 Å². The van der Waals surface area contributed by atoms with Gasteiger partial charge in [0.15, 0.2) is 12.1 Å². The smallest absolute Gasteiger partial charge is 0.303 e. The molecule has 140 valence electrons. The van der Waals surface area contributed by atoms with Crippen LogP contribution in [-0.4, -0.2) is 51.4 Å². The number of hydrogen-bond donors (Lipinski definition) is 2. The molecule has 4 unspecified atom stereocenters. The number of carbonyl (C=O) groups is 2. The van der Waals surface area contributed by atoms with E-state index in [9.17, 15) is 9.59 Å². The molecule has 1 aromatic rings. The largest absolute Gasteiger partial charge is 0.463 e. The van der Waals surface area contributed by atoms with Gasteiger partial charge in [-0.25, -0.2) is 9.67 Å². The highest BCUT2D eigenvalue weighted by Gasteiger charge is 2.46. The van der Waals surface area contributed by atoms with Gasteiger partial charge in [0, 0.05) is 19.8 Å². The predicted molar refractivity (Wildman–Crippen MR) is 87.6 cm³/mol. The molecule has 25 heavy (non-hydrogen) atoms. The van der Waals surface area contributed by atoms with Gasteiger partial charge in [-0.2, -0.15) is 0 Å². The van der Waals surface area contributed by atoms with Crippen LogP contribution in [0.1, 0.15) is 46.7 Å². The van der Waals surface area contributed by atoms with Crippen molar-refractivity contribution < 1.29 is 23.8 Å². The van der Waals surface area contributed by atoms with Gasteiger partial charge in [0.05, 0.1) is 0 Å². The number of aromatic nitrogens is 3. The highest BCUT2D eigenvalue weighted by molar-refractivity contribution is 5.90. The molecule has 0 saturated carbocycles. The maximum atomic E-state index is 11.3. The Morgan fingerprint density at radius 2 is 2.00 bits per heavy atom. The van der Waals surface area contributed by atoms with Crippen LogP contribution >= 0.6 is 0 Å². The standard InChI is InChI=1S/C13H19N5O5.C2H6/c1-6-10(22-8(3)20)9(4-21-7(2)19)23-13(6)18-5-16-12(17-18)11(14)15;1-2/h5-6,9-10,13H,4H2,1-3H3,(H3,14,15);1-2H3. The maximum Gasteiger partial charge on any atom is 0.303 e. The molecule has 4 atom stereocenters. The summed E-state index contributed by atoms with van der Waals surface area (Å²) in [5.41, 5.74) is 5.34. The molecule has 3 N–H and O–H groups in total. The summed E-state index contributed by atoms with van der Waals surface area (Å²) in [5.74, 6) is -1.36. The van der Waals surface area contributed by atoms with Gasteiger partial charge in [0.25, 0.3) is 0 Å². The molecule has 10 nitrogen and oxygen atoms in total. The van der Waals surface area contributed by atoms with Crippen LogP contribution in [0, 0.1) is 11.3 Å². The Morgan fingerprint density at radius 3 is 2.48 bits per heavy atom. The van der Waals surface area contributed by atoms with E-state index < -0.39 is 30.4 Å². The van der Waals surface area contributed by atoms with Crippen molar-refractivity contribution in [2.24, 2.45) is 11.7 Å². The van der Waals surface area contributed by atoms with E-state index in [4.69, 9.17) is 25.4 Å². The Bertz CT molecular complexity index is 617. The Hall–Kier alpha value is -2.49. The van der Waals surface area contributed by atoms with E-state index in [0.29, 0.717) is 0 Å². The lowest BCUT2D eigenvalue weighted by atomic mass is 10.0. The minimum absolute atomic E-state index is 0.0393. The van der Waals surface area contributed by atoms with E-state index in [1.165, 1.54) is 24.9 Å². The fourth-order valence-electron chi connectivity index (χ4n) is 2.41. The molecule has 1 aliphatic heterocycles. The predicted octanol–water partition coefficient (Wildman–Crippen LogP) is 0.617. The van der Waals surface area contributed by atoms with E-state index in [2.05, 4.69) is 10.1 Å². The maximum absolute atomic E-state index is 11.3. The molecule has 1 aliphatic rings. The average molecular weight is 355 g/mol. The second kappa shape index (κ2) is 9.11. The topological polar surface area (TPSA) is 142 Å². The average Bonchev–Trinajstić information content (AvgIpc) is 3.14. The van der Waals surface area contributed by atoms with Crippen LogP contribution in [0.5, 0.6) is 0 Å². The van der Waals surface area contributed by atoms with Crippen molar-refractivity contribution in [2.75, 3.05) is 6.61 Å². The molecule has 2 rings (SSSR count). The van der Waals surface area contributed by atoms with Crippen LogP contribution in [0.25, 0.3) is 0 Å². The zero-order valence-corrected chi connectivity index (χ0v) is 15.1. The summed E-state index contributed by atoms with van der Waals surface area (Å²) >= 11 is 0.